The maximum absolute atomic E-state index is 5.68. The summed E-state index contributed by atoms with van der Waals surface area (Å²) in [4.78, 5) is 0. The molecule has 0 fully saturated rings. The zero-order valence-corrected chi connectivity index (χ0v) is 9.09. The number of rotatable bonds is 2. The number of nitrogens with two attached hydrogens (primary N) is 1. The Labute approximate surface area is 79.7 Å². The van der Waals surface area contributed by atoms with Gasteiger partial charge < -0.3 is 10.5 Å². The number of ether oxygens (including phenoxy) is 1. The molecule has 0 amide bonds. The summed E-state index contributed by atoms with van der Waals surface area (Å²) in [5.41, 5.74) is 7.60. The summed E-state index contributed by atoms with van der Waals surface area (Å²) in [6.45, 7) is 6.47. The number of hydrogen-bond acceptors (Lipinski definition) is 3. The second kappa shape index (κ2) is 5.59. The molecule has 1 aromatic rings. The van der Waals surface area contributed by atoms with Crippen molar-refractivity contribution in [2.45, 2.75) is 27.4 Å². The van der Waals surface area contributed by atoms with Gasteiger partial charge in [-0.15, -0.1) is 0 Å². The Morgan fingerprint density at radius 2 is 2.00 bits per heavy atom. The lowest BCUT2D eigenvalue weighted by Crippen LogP contribution is -1.97. The average Bonchev–Trinajstić information content (AvgIpc) is 2.38. The van der Waals surface area contributed by atoms with Crippen molar-refractivity contribution in [3.8, 4) is 0 Å². The Morgan fingerprint density at radius 3 is 2.31 bits per heavy atom. The van der Waals surface area contributed by atoms with E-state index in [1.807, 2.05) is 27.8 Å². The summed E-state index contributed by atoms with van der Waals surface area (Å²) in [6.07, 6.45) is 0. The van der Waals surface area contributed by atoms with Crippen molar-refractivity contribution in [1.82, 2.24) is 9.78 Å². The molecule has 1 rings (SSSR count). The van der Waals surface area contributed by atoms with E-state index in [-0.39, 0.29) is 0 Å². The number of aryl methyl sites for hydroxylation is 1. The lowest BCUT2D eigenvalue weighted by atomic mass is 10.3. The van der Waals surface area contributed by atoms with Gasteiger partial charge in [0.1, 0.15) is 5.82 Å². The largest absolute Gasteiger partial charge is 0.384 e. The summed E-state index contributed by atoms with van der Waals surface area (Å²) >= 11 is 0. The van der Waals surface area contributed by atoms with Crippen LogP contribution in [-0.2, 0) is 18.4 Å². The van der Waals surface area contributed by atoms with Crippen molar-refractivity contribution in [3.63, 3.8) is 0 Å². The number of aromatic nitrogens is 2. The lowest BCUT2D eigenvalue weighted by molar-refractivity contribution is 0.180. The molecule has 2 N–H and O–H groups in total. The molecule has 0 aromatic carbocycles. The number of anilines is 1. The van der Waals surface area contributed by atoms with Gasteiger partial charge in [-0.05, 0) is 6.92 Å². The summed E-state index contributed by atoms with van der Waals surface area (Å²) in [7, 11) is 3.46. The third-order valence-electron chi connectivity index (χ3n) is 1.72. The number of methoxy groups -OCH3 is 1. The lowest BCUT2D eigenvalue weighted by Gasteiger charge is -1.93. The minimum absolute atomic E-state index is 0.525. The molecule has 1 heterocycles. The highest BCUT2D eigenvalue weighted by atomic mass is 16.5. The highest BCUT2D eigenvalue weighted by molar-refractivity contribution is 5.41. The SMILES string of the molecule is CC.COCc1nn(C)c(N)c1C. The molecule has 0 atom stereocenters. The van der Waals surface area contributed by atoms with E-state index in [2.05, 4.69) is 5.10 Å². The second-order valence-corrected chi connectivity index (χ2v) is 2.51. The van der Waals surface area contributed by atoms with E-state index in [0.29, 0.717) is 12.4 Å². The molecule has 0 aliphatic heterocycles. The predicted octanol–water partition coefficient (Wildman–Crippen LogP) is 1.48. The number of nitrogen functional groups attached to an aromatic ring is 1. The molecule has 0 radical (unpaired) electrons. The summed E-state index contributed by atoms with van der Waals surface area (Å²) < 4.78 is 6.60. The van der Waals surface area contributed by atoms with Crippen molar-refractivity contribution in [1.29, 1.82) is 0 Å². The van der Waals surface area contributed by atoms with Crippen LogP contribution in [0.5, 0.6) is 0 Å². The Hall–Kier alpha value is -1.03. The molecular weight excluding hydrogens is 166 g/mol. The Morgan fingerprint density at radius 1 is 1.46 bits per heavy atom. The van der Waals surface area contributed by atoms with E-state index in [1.54, 1.807) is 11.8 Å². The monoisotopic (exact) mass is 185 g/mol. The van der Waals surface area contributed by atoms with Crippen LogP contribution in [0.25, 0.3) is 0 Å². The van der Waals surface area contributed by atoms with Crippen molar-refractivity contribution < 1.29 is 4.74 Å². The number of hydrogen-bond donors (Lipinski definition) is 1. The zero-order valence-electron chi connectivity index (χ0n) is 9.09. The molecule has 0 bridgehead atoms. The fourth-order valence-corrected chi connectivity index (χ4v) is 0.974. The maximum atomic E-state index is 5.68. The Kier molecular flexibility index (Phi) is 5.14. The highest BCUT2D eigenvalue weighted by Crippen LogP contribution is 2.14. The Balaban J connectivity index is 0.000000671. The van der Waals surface area contributed by atoms with Crippen LogP contribution in [0.2, 0.25) is 0 Å². The molecule has 0 saturated heterocycles. The smallest absolute Gasteiger partial charge is 0.124 e. The Bertz CT molecular complexity index is 256. The van der Waals surface area contributed by atoms with Gasteiger partial charge in [-0.1, -0.05) is 13.8 Å². The van der Waals surface area contributed by atoms with Gasteiger partial charge in [0.15, 0.2) is 0 Å². The van der Waals surface area contributed by atoms with Crippen LogP contribution in [0.3, 0.4) is 0 Å². The third-order valence-corrected chi connectivity index (χ3v) is 1.72. The first-order valence-corrected chi connectivity index (χ1v) is 4.43. The molecule has 0 aliphatic carbocycles. The van der Waals surface area contributed by atoms with Crippen LogP contribution in [0.15, 0.2) is 0 Å². The molecule has 0 saturated carbocycles. The van der Waals surface area contributed by atoms with Crippen LogP contribution >= 0.6 is 0 Å². The molecule has 0 aliphatic rings. The first-order valence-electron chi connectivity index (χ1n) is 4.43. The predicted molar refractivity (Wildman–Crippen MR) is 54.4 cm³/mol. The molecule has 0 unspecified atom stereocenters. The van der Waals surface area contributed by atoms with Crippen LogP contribution < -0.4 is 5.73 Å². The van der Waals surface area contributed by atoms with E-state index >= 15 is 0 Å². The first-order chi connectivity index (χ1) is 6.16. The normalized spacial score (nSPS) is 9.31. The fourth-order valence-electron chi connectivity index (χ4n) is 0.974. The fraction of sp³-hybridized carbons (Fsp3) is 0.667. The maximum Gasteiger partial charge on any atom is 0.124 e. The van der Waals surface area contributed by atoms with Crippen LogP contribution in [0.1, 0.15) is 25.1 Å². The molecule has 13 heavy (non-hydrogen) atoms. The third kappa shape index (κ3) is 2.73. The molecule has 4 nitrogen and oxygen atoms in total. The average molecular weight is 185 g/mol. The number of nitrogens with zero attached hydrogens (tertiary/aromatic N) is 2. The quantitative estimate of drug-likeness (QED) is 0.759. The molecule has 0 spiro atoms. The van der Waals surface area contributed by atoms with Crippen molar-refractivity contribution >= 4 is 5.82 Å². The second-order valence-electron chi connectivity index (χ2n) is 2.51. The summed E-state index contributed by atoms with van der Waals surface area (Å²) in [5, 5.41) is 4.17. The first kappa shape index (κ1) is 12.0. The van der Waals surface area contributed by atoms with Gasteiger partial charge in [0, 0.05) is 19.7 Å². The topological polar surface area (TPSA) is 53.1 Å². The van der Waals surface area contributed by atoms with Gasteiger partial charge in [0.25, 0.3) is 0 Å². The van der Waals surface area contributed by atoms with E-state index in [9.17, 15) is 0 Å². The van der Waals surface area contributed by atoms with E-state index in [4.69, 9.17) is 10.5 Å². The van der Waals surface area contributed by atoms with Gasteiger partial charge in [-0.3, -0.25) is 4.68 Å². The van der Waals surface area contributed by atoms with Crippen LogP contribution in [-0.4, -0.2) is 16.9 Å². The minimum atomic E-state index is 0.525. The van der Waals surface area contributed by atoms with E-state index in [0.717, 1.165) is 11.3 Å². The molecular formula is C9H19N3O. The van der Waals surface area contributed by atoms with Crippen molar-refractivity contribution in [2.24, 2.45) is 7.05 Å². The van der Waals surface area contributed by atoms with Crippen molar-refractivity contribution in [2.75, 3.05) is 12.8 Å². The van der Waals surface area contributed by atoms with Gasteiger partial charge in [-0.2, -0.15) is 5.10 Å². The van der Waals surface area contributed by atoms with Crippen LogP contribution in [0, 0.1) is 6.92 Å². The molecule has 76 valence electrons. The van der Waals surface area contributed by atoms with Gasteiger partial charge in [-0.25, -0.2) is 0 Å². The van der Waals surface area contributed by atoms with Crippen LogP contribution in [0.4, 0.5) is 5.82 Å². The van der Waals surface area contributed by atoms with Crippen molar-refractivity contribution in [3.05, 3.63) is 11.3 Å². The van der Waals surface area contributed by atoms with Gasteiger partial charge in [0.2, 0.25) is 0 Å². The molecule has 1 aromatic heterocycles. The minimum Gasteiger partial charge on any atom is -0.384 e. The highest BCUT2D eigenvalue weighted by Gasteiger charge is 2.07. The zero-order chi connectivity index (χ0) is 10.4. The van der Waals surface area contributed by atoms with Gasteiger partial charge in [0.05, 0.1) is 12.3 Å². The summed E-state index contributed by atoms with van der Waals surface area (Å²) in [6, 6.07) is 0. The summed E-state index contributed by atoms with van der Waals surface area (Å²) in [5.74, 6) is 0.706. The standard InChI is InChI=1S/C7H13N3O.C2H6/c1-5-6(4-11-3)9-10(2)7(5)8;1-2/h4,8H2,1-3H3;1-2H3. The molecule has 4 heteroatoms. The van der Waals surface area contributed by atoms with E-state index in [1.165, 1.54) is 0 Å². The van der Waals surface area contributed by atoms with E-state index < -0.39 is 0 Å². The van der Waals surface area contributed by atoms with Gasteiger partial charge >= 0.3 is 0 Å².